The second-order valence-electron chi connectivity index (χ2n) is 3.67. The molecule has 0 spiro atoms. The minimum absolute atomic E-state index is 0.290. The van der Waals surface area contributed by atoms with Crippen LogP contribution in [0.2, 0.25) is 5.02 Å². The summed E-state index contributed by atoms with van der Waals surface area (Å²) in [5.41, 5.74) is 0.725. The molecular weight excluding hydrogens is 243 g/mol. The van der Waals surface area contributed by atoms with E-state index in [1.165, 1.54) is 12.1 Å². The molecule has 6 heteroatoms. The van der Waals surface area contributed by atoms with Gasteiger partial charge < -0.3 is 5.32 Å². The van der Waals surface area contributed by atoms with E-state index in [1.807, 2.05) is 0 Å². The third kappa shape index (κ3) is 3.25. The summed E-state index contributed by atoms with van der Waals surface area (Å²) < 4.78 is 14.6. The van der Waals surface area contributed by atoms with Crippen molar-refractivity contribution >= 4 is 11.6 Å². The summed E-state index contributed by atoms with van der Waals surface area (Å²) in [6.07, 6.45) is 1.63. The lowest BCUT2D eigenvalue weighted by Gasteiger charge is -2.05. The van der Waals surface area contributed by atoms with Gasteiger partial charge >= 0.3 is 0 Å². The molecule has 0 unspecified atom stereocenters. The molecule has 17 heavy (non-hydrogen) atoms. The summed E-state index contributed by atoms with van der Waals surface area (Å²) in [4.78, 5) is 4.07. The molecule has 1 N–H and O–H groups in total. The normalized spacial score (nSPS) is 10.8. The Kier molecular flexibility index (Phi) is 3.71. The van der Waals surface area contributed by atoms with E-state index in [2.05, 4.69) is 15.4 Å². The van der Waals surface area contributed by atoms with E-state index in [4.69, 9.17) is 11.6 Å². The first kappa shape index (κ1) is 12.0. The molecule has 0 saturated carbocycles. The van der Waals surface area contributed by atoms with E-state index in [0.717, 1.165) is 5.56 Å². The van der Waals surface area contributed by atoms with Crippen molar-refractivity contribution in [2.24, 2.45) is 7.05 Å². The van der Waals surface area contributed by atoms with Crippen LogP contribution in [0, 0.1) is 5.82 Å². The van der Waals surface area contributed by atoms with E-state index >= 15 is 0 Å². The molecule has 0 radical (unpaired) electrons. The fourth-order valence-electron chi connectivity index (χ4n) is 1.45. The molecule has 0 amide bonds. The van der Waals surface area contributed by atoms with Gasteiger partial charge in [0.1, 0.15) is 12.1 Å². The number of nitrogens with one attached hydrogen (secondary N) is 1. The van der Waals surface area contributed by atoms with Gasteiger partial charge in [0.15, 0.2) is 5.82 Å². The topological polar surface area (TPSA) is 42.7 Å². The standard InChI is InChI=1S/C11H12ClFN4/c1-17-7-15-11(16-17)6-14-5-8-4-9(13)2-3-10(8)12/h2-4,7,14H,5-6H2,1H3. The molecule has 90 valence electrons. The van der Waals surface area contributed by atoms with E-state index in [-0.39, 0.29) is 5.82 Å². The molecule has 0 saturated heterocycles. The van der Waals surface area contributed by atoms with Gasteiger partial charge in [-0.1, -0.05) is 11.6 Å². The van der Waals surface area contributed by atoms with E-state index in [9.17, 15) is 4.39 Å². The van der Waals surface area contributed by atoms with Crippen LogP contribution in [-0.4, -0.2) is 14.8 Å². The van der Waals surface area contributed by atoms with Crippen LogP contribution < -0.4 is 5.32 Å². The average Bonchev–Trinajstić information content (AvgIpc) is 2.69. The second kappa shape index (κ2) is 5.25. The van der Waals surface area contributed by atoms with Crippen LogP contribution in [0.3, 0.4) is 0 Å². The molecule has 2 aromatic rings. The Labute approximate surface area is 103 Å². The summed E-state index contributed by atoms with van der Waals surface area (Å²) in [5.74, 6) is 0.405. The van der Waals surface area contributed by atoms with Crippen LogP contribution in [0.1, 0.15) is 11.4 Å². The van der Waals surface area contributed by atoms with Crippen LogP contribution in [0.15, 0.2) is 24.5 Å². The van der Waals surface area contributed by atoms with Gasteiger partial charge in [-0.3, -0.25) is 4.68 Å². The number of aromatic nitrogens is 3. The fraction of sp³-hybridized carbons (Fsp3) is 0.273. The molecule has 1 aromatic carbocycles. The Balaban J connectivity index is 1.91. The highest BCUT2D eigenvalue weighted by atomic mass is 35.5. The van der Waals surface area contributed by atoms with Gasteiger partial charge in [-0.05, 0) is 23.8 Å². The zero-order chi connectivity index (χ0) is 12.3. The maximum Gasteiger partial charge on any atom is 0.164 e. The molecule has 0 aliphatic rings. The summed E-state index contributed by atoms with van der Waals surface area (Å²) >= 11 is 5.94. The SMILES string of the molecule is Cn1cnc(CNCc2cc(F)ccc2Cl)n1. The Morgan fingerprint density at radius 2 is 2.24 bits per heavy atom. The molecule has 4 nitrogen and oxygen atoms in total. The number of rotatable bonds is 4. The first-order chi connectivity index (χ1) is 8.15. The number of halogens is 2. The molecule has 0 atom stereocenters. The van der Waals surface area contributed by atoms with Crippen molar-refractivity contribution in [3.05, 3.63) is 46.8 Å². The molecule has 1 aromatic heterocycles. The Morgan fingerprint density at radius 3 is 2.94 bits per heavy atom. The van der Waals surface area contributed by atoms with Crippen molar-refractivity contribution in [3.63, 3.8) is 0 Å². The molecule has 0 bridgehead atoms. The van der Waals surface area contributed by atoms with Gasteiger partial charge in [0.05, 0.1) is 6.54 Å². The zero-order valence-corrected chi connectivity index (χ0v) is 10.1. The van der Waals surface area contributed by atoms with Crippen molar-refractivity contribution in [3.8, 4) is 0 Å². The predicted octanol–water partition coefficient (Wildman–Crippen LogP) is 1.90. The van der Waals surface area contributed by atoms with Crippen molar-refractivity contribution in [2.75, 3.05) is 0 Å². The third-order valence-corrected chi connectivity index (χ3v) is 2.62. The number of nitrogens with zero attached hydrogens (tertiary/aromatic N) is 3. The van der Waals surface area contributed by atoms with Crippen molar-refractivity contribution < 1.29 is 4.39 Å². The van der Waals surface area contributed by atoms with Crippen LogP contribution in [0.5, 0.6) is 0 Å². The van der Waals surface area contributed by atoms with Gasteiger partial charge in [-0.15, -0.1) is 0 Å². The summed E-state index contributed by atoms with van der Waals surface area (Å²) in [7, 11) is 1.81. The average molecular weight is 255 g/mol. The van der Waals surface area contributed by atoms with Crippen molar-refractivity contribution in [2.45, 2.75) is 13.1 Å². The third-order valence-electron chi connectivity index (χ3n) is 2.25. The van der Waals surface area contributed by atoms with Gasteiger partial charge in [-0.2, -0.15) is 5.10 Å². The van der Waals surface area contributed by atoms with Crippen LogP contribution in [0.4, 0.5) is 4.39 Å². The monoisotopic (exact) mass is 254 g/mol. The first-order valence-corrected chi connectivity index (χ1v) is 5.52. The highest BCUT2D eigenvalue weighted by Crippen LogP contribution is 2.16. The van der Waals surface area contributed by atoms with Crippen molar-refractivity contribution in [1.82, 2.24) is 20.1 Å². The minimum Gasteiger partial charge on any atom is -0.306 e. The molecular formula is C11H12ClFN4. The van der Waals surface area contributed by atoms with Gasteiger partial charge in [-0.25, -0.2) is 9.37 Å². The van der Waals surface area contributed by atoms with E-state index < -0.39 is 0 Å². The second-order valence-corrected chi connectivity index (χ2v) is 4.08. The van der Waals surface area contributed by atoms with Crippen LogP contribution in [0.25, 0.3) is 0 Å². The van der Waals surface area contributed by atoms with Gasteiger partial charge in [0.25, 0.3) is 0 Å². The molecule has 2 rings (SSSR count). The highest BCUT2D eigenvalue weighted by Gasteiger charge is 2.03. The Hall–Kier alpha value is -1.46. The number of hydrogen-bond acceptors (Lipinski definition) is 3. The lowest BCUT2D eigenvalue weighted by atomic mass is 10.2. The van der Waals surface area contributed by atoms with E-state index in [0.29, 0.717) is 23.9 Å². The van der Waals surface area contributed by atoms with Gasteiger partial charge in [0.2, 0.25) is 0 Å². The number of benzene rings is 1. The zero-order valence-electron chi connectivity index (χ0n) is 9.32. The lowest BCUT2D eigenvalue weighted by molar-refractivity contribution is 0.616. The van der Waals surface area contributed by atoms with Crippen LogP contribution in [-0.2, 0) is 20.1 Å². The smallest absolute Gasteiger partial charge is 0.164 e. The number of aryl methyl sites for hydroxylation is 1. The van der Waals surface area contributed by atoms with Crippen molar-refractivity contribution in [1.29, 1.82) is 0 Å². The first-order valence-electron chi connectivity index (χ1n) is 5.14. The predicted molar refractivity (Wildman–Crippen MR) is 63.0 cm³/mol. The summed E-state index contributed by atoms with van der Waals surface area (Å²) in [6.45, 7) is 1.00. The fourth-order valence-corrected chi connectivity index (χ4v) is 1.64. The number of hydrogen-bond donors (Lipinski definition) is 1. The Morgan fingerprint density at radius 1 is 1.41 bits per heavy atom. The molecule has 0 fully saturated rings. The molecule has 1 heterocycles. The molecule has 0 aliphatic heterocycles. The lowest BCUT2D eigenvalue weighted by Crippen LogP contribution is -2.14. The quantitative estimate of drug-likeness (QED) is 0.906. The minimum atomic E-state index is -0.290. The largest absolute Gasteiger partial charge is 0.306 e. The highest BCUT2D eigenvalue weighted by molar-refractivity contribution is 6.31. The maximum atomic E-state index is 13.0. The summed E-state index contributed by atoms with van der Waals surface area (Å²) in [5, 5.41) is 7.78. The maximum absolute atomic E-state index is 13.0. The van der Waals surface area contributed by atoms with Gasteiger partial charge in [0, 0.05) is 18.6 Å². The van der Waals surface area contributed by atoms with E-state index in [1.54, 1.807) is 24.1 Å². The Bertz CT molecular complexity index is 512. The van der Waals surface area contributed by atoms with Crippen LogP contribution >= 0.6 is 11.6 Å². The summed E-state index contributed by atoms with van der Waals surface area (Å²) in [6, 6.07) is 4.31. The molecule has 0 aliphatic carbocycles.